The minimum Gasteiger partial charge on any atom is -0.367 e. The highest BCUT2D eigenvalue weighted by Gasteiger charge is 2.29. The maximum Gasteiger partial charge on any atom is 0.0401 e. The Hall–Kier alpha value is -1.02. The van der Waals surface area contributed by atoms with Crippen molar-refractivity contribution in [2.24, 2.45) is 5.41 Å². The monoisotopic (exact) mass is 246 g/mol. The molecule has 1 fully saturated rings. The number of rotatable bonds is 2. The van der Waals surface area contributed by atoms with Gasteiger partial charge >= 0.3 is 0 Å². The van der Waals surface area contributed by atoms with E-state index in [0.29, 0.717) is 11.5 Å². The van der Waals surface area contributed by atoms with Gasteiger partial charge in [-0.05, 0) is 30.4 Å². The third-order valence-corrected chi connectivity index (χ3v) is 3.86. The minimum atomic E-state index is 0.325. The van der Waals surface area contributed by atoms with Crippen molar-refractivity contribution in [2.75, 3.05) is 24.5 Å². The molecule has 0 aliphatic carbocycles. The number of hydrogen-bond donors (Lipinski definition) is 1. The molecule has 0 radical (unpaired) electrons. The molecule has 18 heavy (non-hydrogen) atoms. The highest BCUT2D eigenvalue weighted by atomic mass is 15.2. The zero-order valence-corrected chi connectivity index (χ0v) is 12.2. The van der Waals surface area contributed by atoms with Gasteiger partial charge in [0, 0.05) is 31.4 Å². The molecule has 2 rings (SSSR count). The summed E-state index contributed by atoms with van der Waals surface area (Å²) >= 11 is 0. The molecule has 0 bridgehead atoms. The molecule has 1 atom stereocenters. The summed E-state index contributed by atoms with van der Waals surface area (Å²) in [5.74, 6) is 0. The average molecular weight is 246 g/mol. The third kappa shape index (κ3) is 2.86. The summed E-state index contributed by atoms with van der Waals surface area (Å²) in [6.07, 6.45) is 1.10. The molecule has 1 aromatic carbocycles. The van der Waals surface area contributed by atoms with Crippen molar-refractivity contribution in [2.45, 2.75) is 40.2 Å². The molecular weight excluding hydrogens is 220 g/mol. The fourth-order valence-electron chi connectivity index (χ4n) is 2.82. The molecule has 1 aromatic rings. The Kier molecular flexibility index (Phi) is 3.96. The highest BCUT2D eigenvalue weighted by molar-refractivity contribution is 5.55. The number of aryl methyl sites for hydroxylation is 1. The highest BCUT2D eigenvalue weighted by Crippen LogP contribution is 2.28. The van der Waals surface area contributed by atoms with Crippen LogP contribution in [0.4, 0.5) is 5.69 Å². The van der Waals surface area contributed by atoms with E-state index >= 15 is 0 Å². The van der Waals surface area contributed by atoms with E-state index in [1.54, 1.807) is 0 Å². The molecule has 0 saturated carbocycles. The third-order valence-electron chi connectivity index (χ3n) is 3.86. The molecule has 1 N–H and O–H groups in total. The van der Waals surface area contributed by atoms with E-state index in [9.17, 15) is 0 Å². The van der Waals surface area contributed by atoms with Crippen molar-refractivity contribution >= 4 is 5.69 Å². The second-order valence-electron chi connectivity index (χ2n) is 6.25. The minimum absolute atomic E-state index is 0.325. The Bertz CT molecular complexity index is 398. The molecule has 100 valence electrons. The number of nitrogens with zero attached hydrogens (tertiary/aromatic N) is 1. The lowest BCUT2D eigenvalue weighted by atomic mass is 9.92. The number of benzene rings is 1. The van der Waals surface area contributed by atoms with Gasteiger partial charge in [0.05, 0.1) is 0 Å². The normalized spacial score (nSPS) is 23.8. The zero-order chi connectivity index (χ0) is 13.2. The fraction of sp³-hybridized carbons (Fsp3) is 0.625. The van der Waals surface area contributed by atoms with Crippen LogP contribution in [0.1, 0.15) is 33.3 Å². The van der Waals surface area contributed by atoms with Crippen LogP contribution in [0.25, 0.3) is 0 Å². The van der Waals surface area contributed by atoms with Crippen molar-refractivity contribution in [1.29, 1.82) is 0 Å². The van der Waals surface area contributed by atoms with E-state index in [1.807, 2.05) is 0 Å². The Morgan fingerprint density at radius 3 is 2.78 bits per heavy atom. The largest absolute Gasteiger partial charge is 0.367 e. The Balaban J connectivity index is 2.33. The van der Waals surface area contributed by atoms with Crippen LogP contribution in [-0.4, -0.2) is 25.7 Å². The number of hydrogen-bond acceptors (Lipinski definition) is 2. The van der Waals surface area contributed by atoms with Gasteiger partial charge in [0.25, 0.3) is 0 Å². The molecule has 2 heteroatoms. The summed E-state index contributed by atoms with van der Waals surface area (Å²) in [5.41, 5.74) is 3.21. The Morgan fingerprint density at radius 2 is 2.06 bits per heavy atom. The average Bonchev–Trinajstić information content (AvgIpc) is 2.48. The topological polar surface area (TPSA) is 15.3 Å². The summed E-state index contributed by atoms with van der Waals surface area (Å²) in [6, 6.07) is 9.39. The molecule has 0 amide bonds. The first-order valence-corrected chi connectivity index (χ1v) is 7.09. The molecule has 1 unspecified atom stereocenters. The van der Waals surface area contributed by atoms with Crippen LogP contribution >= 0.6 is 0 Å². The SMILES string of the molecule is CCc1ccccc1N1CC(C)(C)CNCC1C. The Morgan fingerprint density at radius 1 is 1.33 bits per heavy atom. The lowest BCUT2D eigenvalue weighted by Crippen LogP contribution is -2.40. The molecule has 1 aliphatic rings. The van der Waals surface area contributed by atoms with Crippen molar-refractivity contribution in [3.63, 3.8) is 0 Å². The van der Waals surface area contributed by atoms with Crippen LogP contribution < -0.4 is 10.2 Å². The van der Waals surface area contributed by atoms with E-state index in [0.717, 1.165) is 26.1 Å². The van der Waals surface area contributed by atoms with Crippen molar-refractivity contribution in [3.8, 4) is 0 Å². The van der Waals surface area contributed by atoms with Gasteiger partial charge in [-0.15, -0.1) is 0 Å². The Labute approximate surface area is 111 Å². The zero-order valence-electron chi connectivity index (χ0n) is 12.2. The van der Waals surface area contributed by atoms with Gasteiger partial charge in [-0.3, -0.25) is 0 Å². The fourth-order valence-corrected chi connectivity index (χ4v) is 2.82. The maximum absolute atomic E-state index is 3.58. The number of anilines is 1. The van der Waals surface area contributed by atoms with Crippen LogP contribution in [-0.2, 0) is 6.42 Å². The van der Waals surface area contributed by atoms with Crippen LogP contribution in [0.5, 0.6) is 0 Å². The second-order valence-corrected chi connectivity index (χ2v) is 6.25. The van der Waals surface area contributed by atoms with Gasteiger partial charge in [0.1, 0.15) is 0 Å². The predicted molar refractivity (Wildman–Crippen MR) is 79.3 cm³/mol. The molecular formula is C16H26N2. The second kappa shape index (κ2) is 5.31. The van der Waals surface area contributed by atoms with Gasteiger partial charge < -0.3 is 10.2 Å². The maximum atomic E-state index is 3.58. The summed E-state index contributed by atoms with van der Waals surface area (Å²) in [4.78, 5) is 2.58. The van der Waals surface area contributed by atoms with Crippen molar-refractivity contribution in [3.05, 3.63) is 29.8 Å². The quantitative estimate of drug-likeness (QED) is 0.862. The summed E-state index contributed by atoms with van der Waals surface area (Å²) in [6.45, 7) is 12.5. The number of para-hydroxylation sites is 1. The van der Waals surface area contributed by atoms with E-state index in [-0.39, 0.29) is 0 Å². The van der Waals surface area contributed by atoms with Gasteiger partial charge in [-0.1, -0.05) is 39.0 Å². The first-order valence-electron chi connectivity index (χ1n) is 7.09. The smallest absolute Gasteiger partial charge is 0.0401 e. The molecule has 0 spiro atoms. The molecule has 0 aromatic heterocycles. The van der Waals surface area contributed by atoms with E-state index < -0.39 is 0 Å². The van der Waals surface area contributed by atoms with Crippen molar-refractivity contribution < 1.29 is 0 Å². The van der Waals surface area contributed by atoms with Gasteiger partial charge in [-0.2, -0.15) is 0 Å². The van der Waals surface area contributed by atoms with Gasteiger partial charge in [0.15, 0.2) is 0 Å². The summed E-state index contributed by atoms with van der Waals surface area (Å²) in [7, 11) is 0. The summed E-state index contributed by atoms with van der Waals surface area (Å²) < 4.78 is 0. The first-order chi connectivity index (χ1) is 8.53. The first kappa shape index (κ1) is 13.4. The lowest BCUT2D eigenvalue weighted by Gasteiger charge is -2.35. The standard InChI is InChI=1S/C16H26N2/c1-5-14-8-6-7-9-15(14)18-12-16(3,4)11-17-10-13(18)2/h6-9,13,17H,5,10-12H2,1-4H3. The van der Waals surface area contributed by atoms with Gasteiger partial charge in [-0.25, -0.2) is 0 Å². The van der Waals surface area contributed by atoms with Crippen LogP contribution in [0.15, 0.2) is 24.3 Å². The predicted octanol–water partition coefficient (Wildman–Crippen LogP) is 3.07. The molecule has 1 heterocycles. The summed E-state index contributed by atoms with van der Waals surface area (Å²) in [5, 5.41) is 3.58. The van der Waals surface area contributed by atoms with Crippen molar-refractivity contribution in [1.82, 2.24) is 5.32 Å². The van der Waals surface area contributed by atoms with Crippen LogP contribution in [0.2, 0.25) is 0 Å². The molecule has 2 nitrogen and oxygen atoms in total. The van der Waals surface area contributed by atoms with Crippen LogP contribution in [0.3, 0.4) is 0 Å². The molecule has 1 saturated heterocycles. The lowest BCUT2D eigenvalue weighted by molar-refractivity contribution is 0.369. The number of nitrogens with one attached hydrogen (secondary N) is 1. The van der Waals surface area contributed by atoms with Gasteiger partial charge in [0.2, 0.25) is 0 Å². The van der Waals surface area contributed by atoms with E-state index in [4.69, 9.17) is 0 Å². The van der Waals surface area contributed by atoms with Crippen LogP contribution in [0, 0.1) is 5.41 Å². The van der Waals surface area contributed by atoms with E-state index in [2.05, 4.69) is 62.2 Å². The molecule has 1 aliphatic heterocycles. The van der Waals surface area contributed by atoms with E-state index in [1.165, 1.54) is 11.3 Å².